The molecule has 1 aliphatic rings. The number of carbonyl (C=O) groups is 2. The fourth-order valence-electron chi connectivity index (χ4n) is 1.70. The summed E-state index contributed by atoms with van der Waals surface area (Å²) in [5.74, 6) is -0.643. The number of ether oxygens (including phenoxy) is 1. The second-order valence-electron chi connectivity index (χ2n) is 4.30. The summed E-state index contributed by atoms with van der Waals surface area (Å²) in [6.07, 6.45) is 0.555. The number of amides is 1. The SMILES string of the molecule is Cc1ccc(C(=O)NC(=S)NC2CCOC2=O)cc1. The Bertz CT molecular complexity index is 513. The van der Waals surface area contributed by atoms with Crippen molar-refractivity contribution in [3.8, 4) is 0 Å². The van der Waals surface area contributed by atoms with Crippen molar-refractivity contribution < 1.29 is 14.3 Å². The zero-order chi connectivity index (χ0) is 13.8. The number of aryl methyl sites for hydroxylation is 1. The van der Waals surface area contributed by atoms with Crippen molar-refractivity contribution in [1.29, 1.82) is 0 Å². The van der Waals surface area contributed by atoms with Crippen molar-refractivity contribution >= 4 is 29.2 Å². The summed E-state index contributed by atoms with van der Waals surface area (Å²) < 4.78 is 4.80. The Morgan fingerprint density at radius 1 is 1.37 bits per heavy atom. The van der Waals surface area contributed by atoms with E-state index in [0.29, 0.717) is 18.6 Å². The van der Waals surface area contributed by atoms with Gasteiger partial charge in [-0.05, 0) is 31.3 Å². The molecule has 1 fully saturated rings. The van der Waals surface area contributed by atoms with Crippen LogP contribution < -0.4 is 10.6 Å². The van der Waals surface area contributed by atoms with Crippen LogP contribution in [0.1, 0.15) is 22.3 Å². The zero-order valence-corrected chi connectivity index (χ0v) is 11.3. The first-order chi connectivity index (χ1) is 9.06. The Morgan fingerprint density at radius 3 is 2.63 bits per heavy atom. The molecule has 0 saturated carbocycles. The normalized spacial score (nSPS) is 17.7. The molecule has 1 aromatic carbocycles. The number of rotatable bonds is 2. The second-order valence-corrected chi connectivity index (χ2v) is 4.71. The minimum atomic E-state index is -0.467. The standard InChI is InChI=1S/C13H14N2O3S/c1-8-2-4-9(5-3-8)11(16)15-13(19)14-10-6-7-18-12(10)17/h2-5,10H,6-7H2,1H3,(H2,14,15,16,19). The van der Waals surface area contributed by atoms with Crippen molar-refractivity contribution in [2.75, 3.05) is 6.61 Å². The third-order valence-electron chi connectivity index (χ3n) is 2.78. The first-order valence-electron chi connectivity index (χ1n) is 5.91. The summed E-state index contributed by atoms with van der Waals surface area (Å²) >= 11 is 4.99. The lowest BCUT2D eigenvalue weighted by atomic mass is 10.1. The van der Waals surface area contributed by atoms with Crippen molar-refractivity contribution in [2.24, 2.45) is 0 Å². The highest BCUT2D eigenvalue weighted by Crippen LogP contribution is 2.06. The molecule has 0 aromatic heterocycles. The average Bonchev–Trinajstić information content (AvgIpc) is 2.75. The summed E-state index contributed by atoms with van der Waals surface area (Å²) in [7, 11) is 0. The van der Waals surface area contributed by atoms with E-state index < -0.39 is 6.04 Å². The molecule has 1 aliphatic heterocycles. The number of thiocarbonyl (C=S) groups is 1. The number of nitrogens with one attached hydrogen (secondary N) is 2. The highest BCUT2D eigenvalue weighted by Gasteiger charge is 2.27. The van der Waals surface area contributed by atoms with Crippen molar-refractivity contribution in [3.63, 3.8) is 0 Å². The van der Waals surface area contributed by atoms with Gasteiger partial charge in [-0.25, -0.2) is 4.79 Å². The maximum Gasteiger partial charge on any atom is 0.328 e. The first kappa shape index (κ1) is 13.5. The van der Waals surface area contributed by atoms with Gasteiger partial charge < -0.3 is 10.1 Å². The van der Waals surface area contributed by atoms with E-state index in [-0.39, 0.29) is 17.0 Å². The Balaban J connectivity index is 1.90. The number of hydrogen-bond donors (Lipinski definition) is 2. The van der Waals surface area contributed by atoms with E-state index in [2.05, 4.69) is 10.6 Å². The largest absolute Gasteiger partial charge is 0.464 e. The Kier molecular flexibility index (Phi) is 4.11. The molecule has 1 amide bonds. The quantitative estimate of drug-likeness (QED) is 0.622. The predicted octanol–water partition coefficient (Wildman–Crippen LogP) is 0.915. The maximum atomic E-state index is 11.9. The van der Waals surface area contributed by atoms with E-state index in [4.69, 9.17) is 17.0 Å². The number of carbonyl (C=O) groups excluding carboxylic acids is 2. The van der Waals surface area contributed by atoms with Crippen molar-refractivity contribution in [1.82, 2.24) is 10.6 Å². The molecule has 1 saturated heterocycles. The van der Waals surface area contributed by atoms with E-state index in [0.717, 1.165) is 5.56 Å². The van der Waals surface area contributed by atoms with Crippen LogP contribution in [-0.2, 0) is 9.53 Å². The number of esters is 1. The van der Waals surface area contributed by atoms with Crippen LogP contribution in [0, 0.1) is 6.92 Å². The highest BCUT2D eigenvalue weighted by atomic mass is 32.1. The molecule has 1 unspecified atom stereocenters. The van der Waals surface area contributed by atoms with Gasteiger partial charge in [0.1, 0.15) is 6.04 Å². The molecule has 5 nitrogen and oxygen atoms in total. The number of benzene rings is 1. The molecule has 6 heteroatoms. The third kappa shape index (κ3) is 3.51. The molecular formula is C13H14N2O3S. The van der Waals surface area contributed by atoms with Crippen LogP contribution in [0.3, 0.4) is 0 Å². The molecule has 2 rings (SSSR count). The van der Waals surface area contributed by atoms with Crippen LogP contribution in [0.25, 0.3) is 0 Å². The van der Waals surface area contributed by atoms with Crippen LogP contribution in [0.15, 0.2) is 24.3 Å². The van der Waals surface area contributed by atoms with Crippen LogP contribution in [0.5, 0.6) is 0 Å². The van der Waals surface area contributed by atoms with Gasteiger partial charge in [0.05, 0.1) is 6.61 Å². The Hall–Kier alpha value is -1.95. The third-order valence-corrected chi connectivity index (χ3v) is 3.00. The fourth-order valence-corrected chi connectivity index (χ4v) is 1.94. The molecule has 0 radical (unpaired) electrons. The number of cyclic esters (lactones) is 1. The molecule has 0 spiro atoms. The average molecular weight is 278 g/mol. The molecule has 1 heterocycles. The van der Waals surface area contributed by atoms with Gasteiger partial charge >= 0.3 is 5.97 Å². The molecular weight excluding hydrogens is 264 g/mol. The molecule has 100 valence electrons. The molecule has 0 bridgehead atoms. The first-order valence-corrected chi connectivity index (χ1v) is 6.32. The van der Waals surface area contributed by atoms with E-state index in [1.54, 1.807) is 12.1 Å². The zero-order valence-electron chi connectivity index (χ0n) is 10.4. The van der Waals surface area contributed by atoms with E-state index >= 15 is 0 Å². The summed E-state index contributed by atoms with van der Waals surface area (Å²) in [5, 5.41) is 5.44. The van der Waals surface area contributed by atoms with Gasteiger partial charge in [-0.15, -0.1) is 0 Å². The lowest BCUT2D eigenvalue weighted by molar-refractivity contribution is -0.139. The molecule has 0 aliphatic carbocycles. The molecule has 1 aromatic rings. The Morgan fingerprint density at radius 2 is 2.05 bits per heavy atom. The smallest absolute Gasteiger partial charge is 0.328 e. The lowest BCUT2D eigenvalue weighted by Gasteiger charge is -2.12. The van der Waals surface area contributed by atoms with Gasteiger partial charge in [0.2, 0.25) is 0 Å². The monoisotopic (exact) mass is 278 g/mol. The summed E-state index contributed by atoms with van der Waals surface area (Å²) in [6.45, 7) is 2.32. The number of hydrogen-bond acceptors (Lipinski definition) is 4. The van der Waals surface area contributed by atoms with Gasteiger partial charge in [0.15, 0.2) is 5.11 Å². The minimum absolute atomic E-state index is 0.134. The van der Waals surface area contributed by atoms with Crippen LogP contribution in [0.4, 0.5) is 0 Å². The topological polar surface area (TPSA) is 67.4 Å². The fraction of sp³-hybridized carbons (Fsp3) is 0.308. The second kappa shape index (κ2) is 5.79. The molecule has 19 heavy (non-hydrogen) atoms. The van der Waals surface area contributed by atoms with E-state index in [1.165, 1.54) is 0 Å². The summed E-state index contributed by atoms with van der Waals surface area (Å²) in [5.41, 5.74) is 1.59. The van der Waals surface area contributed by atoms with Gasteiger partial charge in [-0.2, -0.15) is 0 Å². The van der Waals surface area contributed by atoms with E-state index in [9.17, 15) is 9.59 Å². The van der Waals surface area contributed by atoms with Crippen LogP contribution in [-0.4, -0.2) is 29.6 Å². The van der Waals surface area contributed by atoms with Gasteiger partial charge in [-0.1, -0.05) is 17.7 Å². The van der Waals surface area contributed by atoms with Crippen molar-refractivity contribution in [2.45, 2.75) is 19.4 Å². The van der Waals surface area contributed by atoms with E-state index in [1.807, 2.05) is 19.1 Å². The molecule has 1 atom stereocenters. The minimum Gasteiger partial charge on any atom is -0.464 e. The summed E-state index contributed by atoms with van der Waals surface area (Å²) in [6, 6.07) is 6.67. The predicted molar refractivity (Wildman–Crippen MR) is 73.7 cm³/mol. The van der Waals surface area contributed by atoms with Gasteiger partial charge in [0, 0.05) is 12.0 Å². The van der Waals surface area contributed by atoms with Gasteiger partial charge in [0.25, 0.3) is 5.91 Å². The summed E-state index contributed by atoms with van der Waals surface area (Å²) in [4.78, 5) is 23.1. The van der Waals surface area contributed by atoms with Crippen molar-refractivity contribution in [3.05, 3.63) is 35.4 Å². The van der Waals surface area contributed by atoms with Gasteiger partial charge in [-0.3, -0.25) is 10.1 Å². The highest BCUT2D eigenvalue weighted by molar-refractivity contribution is 7.80. The lowest BCUT2D eigenvalue weighted by Crippen LogP contribution is -2.46. The van der Waals surface area contributed by atoms with Crippen LogP contribution >= 0.6 is 12.2 Å². The van der Waals surface area contributed by atoms with Crippen LogP contribution in [0.2, 0.25) is 0 Å². The maximum absolute atomic E-state index is 11.9. The Labute approximate surface area is 116 Å². The molecule has 2 N–H and O–H groups in total.